The van der Waals surface area contributed by atoms with Gasteiger partial charge in [-0.05, 0) is 41.8 Å². The Morgan fingerprint density at radius 2 is 2.00 bits per heavy atom. The van der Waals surface area contributed by atoms with Gasteiger partial charge in [0.2, 0.25) is 0 Å². The lowest BCUT2D eigenvalue weighted by molar-refractivity contribution is 1.43. The lowest BCUT2D eigenvalue weighted by Gasteiger charge is -2.11. The Labute approximate surface area is 121 Å². The molecule has 3 rings (SSSR count). The molecule has 19 heavy (non-hydrogen) atoms. The van der Waals surface area contributed by atoms with Gasteiger partial charge in [0.25, 0.3) is 0 Å². The Bertz CT molecular complexity index is 756. The molecule has 0 unspecified atom stereocenters. The molecular formula is C16H12ClNS. The Hall–Kier alpha value is -1.64. The van der Waals surface area contributed by atoms with Crippen LogP contribution in [-0.2, 0) is 0 Å². The van der Waals surface area contributed by atoms with Crippen LogP contribution in [0.2, 0.25) is 5.02 Å². The van der Waals surface area contributed by atoms with Gasteiger partial charge in [-0.3, -0.25) is 0 Å². The molecule has 94 valence electrons. The zero-order chi connectivity index (χ0) is 13.4. The topological polar surface area (TPSA) is 12.9 Å². The molecule has 0 atom stereocenters. The molecule has 0 saturated carbocycles. The summed E-state index contributed by atoms with van der Waals surface area (Å²) in [5.74, 6) is 0. The van der Waals surface area contributed by atoms with Crippen molar-refractivity contribution in [3.8, 4) is 11.1 Å². The number of fused-ring (bicyclic) bond motifs is 1. The number of aryl methyl sites for hydroxylation is 1. The van der Waals surface area contributed by atoms with E-state index in [1.165, 1.54) is 21.4 Å². The molecule has 0 N–H and O–H groups in total. The van der Waals surface area contributed by atoms with Gasteiger partial charge in [-0.2, -0.15) is 0 Å². The van der Waals surface area contributed by atoms with E-state index in [4.69, 9.17) is 11.6 Å². The normalized spacial score (nSPS) is 10.8. The average molecular weight is 286 g/mol. The highest BCUT2D eigenvalue weighted by molar-refractivity contribution is 7.17. The molecular weight excluding hydrogens is 274 g/mol. The van der Waals surface area contributed by atoms with Gasteiger partial charge < -0.3 is 0 Å². The maximum absolute atomic E-state index is 5.97. The van der Waals surface area contributed by atoms with Crippen molar-refractivity contribution in [1.29, 1.82) is 0 Å². The van der Waals surface area contributed by atoms with Gasteiger partial charge in [-0.1, -0.05) is 36.4 Å². The summed E-state index contributed by atoms with van der Waals surface area (Å²) in [6.07, 6.45) is 1.92. The summed E-state index contributed by atoms with van der Waals surface area (Å²) in [5, 5.41) is 0.747. The number of nitrogens with zero attached hydrogens (tertiary/aromatic N) is 1. The Kier molecular flexibility index (Phi) is 3.13. The number of halogens is 1. The quantitative estimate of drug-likeness (QED) is 0.600. The lowest BCUT2D eigenvalue weighted by Crippen LogP contribution is -1.88. The molecule has 0 saturated heterocycles. The number of hydrogen-bond acceptors (Lipinski definition) is 2. The average Bonchev–Trinajstić information content (AvgIpc) is 2.86. The van der Waals surface area contributed by atoms with E-state index < -0.39 is 0 Å². The summed E-state index contributed by atoms with van der Waals surface area (Å²) in [5.41, 5.74) is 7.63. The van der Waals surface area contributed by atoms with Crippen molar-refractivity contribution in [3.05, 3.63) is 58.6 Å². The van der Waals surface area contributed by atoms with Crippen LogP contribution >= 0.6 is 22.9 Å². The van der Waals surface area contributed by atoms with Crippen LogP contribution in [0, 0.1) is 6.92 Å². The second kappa shape index (κ2) is 4.80. The number of benzene rings is 2. The first-order valence-electron chi connectivity index (χ1n) is 5.96. The van der Waals surface area contributed by atoms with E-state index in [0.717, 1.165) is 16.1 Å². The molecule has 3 heteroatoms. The number of rotatable bonds is 2. The lowest BCUT2D eigenvalue weighted by atomic mass is 9.95. The van der Waals surface area contributed by atoms with Crippen molar-refractivity contribution in [1.82, 2.24) is 4.98 Å². The Morgan fingerprint density at radius 3 is 2.68 bits per heavy atom. The van der Waals surface area contributed by atoms with Crippen molar-refractivity contribution >= 4 is 39.2 Å². The molecule has 0 bridgehead atoms. The van der Waals surface area contributed by atoms with Crippen LogP contribution in [0.3, 0.4) is 0 Å². The molecule has 0 aliphatic carbocycles. The number of aromatic nitrogens is 1. The van der Waals surface area contributed by atoms with Crippen LogP contribution in [0.25, 0.3) is 27.4 Å². The molecule has 1 aromatic heterocycles. The second-order valence-electron chi connectivity index (χ2n) is 4.39. The fraction of sp³-hybridized carbons (Fsp3) is 0.0625. The second-order valence-corrected chi connectivity index (χ2v) is 5.68. The van der Waals surface area contributed by atoms with Crippen molar-refractivity contribution in [2.75, 3.05) is 0 Å². The largest absolute Gasteiger partial charge is 0.245 e. The fourth-order valence-corrected chi connectivity index (χ4v) is 3.29. The SMILES string of the molecule is C=Cc1c(C)cc2ncsc2c1-c1ccc(Cl)cc1. The molecule has 2 aromatic carbocycles. The number of hydrogen-bond donors (Lipinski definition) is 0. The first kappa shape index (κ1) is 12.4. The highest BCUT2D eigenvalue weighted by Crippen LogP contribution is 2.37. The highest BCUT2D eigenvalue weighted by Gasteiger charge is 2.13. The van der Waals surface area contributed by atoms with Gasteiger partial charge in [0.1, 0.15) is 0 Å². The van der Waals surface area contributed by atoms with Gasteiger partial charge >= 0.3 is 0 Å². The van der Waals surface area contributed by atoms with Crippen molar-refractivity contribution in [2.24, 2.45) is 0 Å². The van der Waals surface area contributed by atoms with E-state index in [9.17, 15) is 0 Å². The minimum atomic E-state index is 0.747. The van der Waals surface area contributed by atoms with Gasteiger partial charge in [0.15, 0.2) is 0 Å². The zero-order valence-corrected chi connectivity index (χ0v) is 12.1. The first-order chi connectivity index (χ1) is 9.20. The first-order valence-corrected chi connectivity index (χ1v) is 7.21. The minimum absolute atomic E-state index is 0.747. The summed E-state index contributed by atoms with van der Waals surface area (Å²) in [6, 6.07) is 10.0. The fourth-order valence-electron chi connectivity index (χ4n) is 2.31. The molecule has 0 fully saturated rings. The summed E-state index contributed by atoms with van der Waals surface area (Å²) >= 11 is 7.63. The van der Waals surface area contributed by atoms with Crippen LogP contribution < -0.4 is 0 Å². The molecule has 0 aliphatic heterocycles. The predicted octanol–water partition coefficient (Wildman–Crippen LogP) is 5.57. The molecule has 0 spiro atoms. The standard InChI is InChI=1S/C16H12ClNS/c1-3-13-10(2)8-14-16(19-9-18-14)15(13)11-4-6-12(17)7-5-11/h3-9H,1H2,2H3. The molecule has 3 aromatic rings. The summed E-state index contributed by atoms with van der Waals surface area (Å²) in [6.45, 7) is 6.04. The summed E-state index contributed by atoms with van der Waals surface area (Å²) in [7, 11) is 0. The van der Waals surface area contributed by atoms with Crippen LogP contribution in [0.5, 0.6) is 0 Å². The van der Waals surface area contributed by atoms with E-state index in [2.05, 4.69) is 24.6 Å². The van der Waals surface area contributed by atoms with Crippen LogP contribution in [0.15, 0.2) is 42.4 Å². The predicted molar refractivity (Wildman–Crippen MR) is 84.9 cm³/mol. The van der Waals surface area contributed by atoms with Gasteiger partial charge in [-0.25, -0.2) is 4.98 Å². The van der Waals surface area contributed by atoms with Crippen molar-refractivity contribution < 1.29 is 0 Å². The van der Waals surface area contributed by atoms with E-state index >= 15 is 0 Å². The van der Waals surface area contributed by atoms with Crippen LogP contribution in [-0.4, -0.2) is 4.98 Å². The summed E-state index contributed by atoms with van der Waals surface area (Å²) < 4.78 is 1.20. The molecule has 0 aliphatic rings. The summed E-state index contributed by atoms with van der Waals surface area (Å²) in [4.78, 5) is 4.42. The van der Waals surface area contributed by atoms with Crippen molar-refractivity contribution in [2.45, 2.75) is 6.92 Å². The molecule has 0 amide bonds. The van der Waals surface area contributed by atoms with Crippen LogP contribution in [0.4, 0.5) is 0 Å². The third kappa shape index (κ3) is 2.07. The van der Waals surface area contributed by atoms with Gasteiger partial charge in [-0.15, -0.1) is 11.3 Å². The van der Waals surface area contributed by atoms with Gasteiger partial charge in [0, 0.05) is 10.6 Å². The number of thiazole rings is 1. The highest BCUT2D eigenvalue weighted by atomic mass is 35.5. The van der Waals surface area contributed by atoms with Crippen molar-refractivity contribution in [3.63, 3.8) is 0 Å². The Morgan fingerprint density at radius 1 is 1.26 bits per heavy atom. The molecule has 1 heterocycles. The van der Waals surface area contributed by atoms with E-state index in [1.54, 1.807) is 11.3 Å². The minimum Gasteiger partial charge on any atom is -0.245 e. The third-order valence-electron chi connectivity index (χ3n) is 3.21. The smallest absolute Gasteiger partial charge is 0.0821 e. The Balaban J connectivity index is 2.40. The van der Waals surface area contributed by atoms with E-state index in [0.29, 0.717) is 0 Å². The van der Waals surface area contributed by atoms with E-state index in [-0.39, 0.29) is 0 Å². The van der Waals surface area contributed by atoms with Crippen LogP contribution in [0.1, 0.15) is 11.1 Å². The zero-order valence-electron chi connectivity index (χ0n) is 10.5. The third-order valence-corrected chi connectivity index (χ3v) is 4.32. The van der Waals surface area contributed by atoms with E-state index in [1.807, 2.05) is 35.9 Å². The maximum atomic E-state index is 5.97. The van der Waals surface area contributed by atoms with Gasteiger partial charge in [0.05, 0.1) is 15.7 Å². The monoisotopic (exact) mass is 285 g/mol. The maximum Gasteiger partial charge on any atom is 0.0821 e. The molecule has 0 radical (unpaired) electrons. The molecule has 1 nitrogen and oxygen atoms in total.